The highest BCUT2D eigenvalue weighted by Gasteiger charge is 2.21. The van der Waals surface area contributed by atoms with Crippen LogP contribution < -0.4 is 4.74 Å². The van der Waals surface area contributed by atoms with Crippen LogP contribution in [0.1, 0.15) is 37.7 Å². The van der Waals surface area contributed by atoms with Crippen LogP contribution in [0.5, 0.6) is 5.75 Å². The first kappa shape index (κ1) is 13.9. The molecule has 19 heavy (non-hydrogen) atoms. The van der Waals surface area contributed by atoms with Gasteiger partial charge in [0.05, 0.1) is 10.6 Å². The third kappa shape index (κ3) is 3.71. The lowest BCUT2D eigenvalue weighted by Gasteiger charge is -2.20. The minimum absolute atomic E-state index is 0.0902. The van der Waals surface area contributed by atoms with E-state index in [1.807, 2.05) is 6.07 Å². The summed E-state index contributed by atoms with van der Waals surface area (Å²) in [7, 11) is 0. The molecule has 100 valence electrons. The van der Waals surface area contributed by atoms with Gasteiger partial charge in [0.25, 0.3) is 0 Å². The van der Waals surface area contributed by atoms with Crippen molar-refractivity contribution in [2.45, 2.75) is 32.1 Å². The smallest absolute Gasteiger partial charge is 0.173 e. The summed E-state index contributed by atoms with van der Waals surface area (Å²) in [4.78, 5) is 12.0. The minimum atomic E-state index is 0.0902. The topological polar surface area (TPSA) is 50.1 Å². The van der Waals surface area contributed by atoms with Crippen LogP contribution in [-0.4, -0.2) is 12.4 Å². The van der Waals surface area contributed by atoms with E-state index >= 15 is 0 Å². The molecular formula is C15H16ClNO2. The van der Waals surface area contributed by atoms with Crippen molar-refractivity contribution < 1.29 is 9.53 Å². The Balaban J connectivity index is 1.89. The molecule has 0 aliphatic heterocycles. The van der Waals surface area contributed by atoms with E-state index in [1.54, 1.807) is 18.2 Å². The summed E-state index contributed by atoms with van der Waals surface area (Å²) in [6, 6.07) is 6.83. The first-order valence-corrected chi connectivity index (χ1v) is 6.93. The largest absolute Gasteiger partial charge is 0.486 e. The van der Waals surface area contributed by atoms with E-state index in [0.29, 0.717) is 16.3 Å². The second kappa shape index (κ2) is 6.58. The van der Waals surface area contributed by atoms with Crippen LogP contribution in [0.15, 0.2) is 18.2 Å². The van der Waals surface area contributed by atoms with Crippen LogP contribution >= 0.6 is 11.6 Å². The Morgan fingerprint density at radius 3 is 2.74 bits per heavy atom. The highest BCUT2D eigenvalue weighted by Crippen LogP contribution is 2.25. The summed E-state index contributed by atoms with van der Waals surface area (Å²) in [5, 5.41) is 9.12. The van der Waals surface area contributed by atoms with Crippen molar-refractivity contribution in [2.24, 2.45) is 5.92 Å². The third-order valence-electron chi connectivity index (χ3n) is 3.50. The lowest BCUT2D eigenvalue weighted by Crippen LogP contribution is -2.23. The molecule has 0 amide bonds. The average Bonchev–Trinajstić information content (AvgIpc) is 2.46. The number of nitrogens with zero attached hydrogens (tertiary/aromatic N) is 1. The van der Waals surface area contributed by atoms with E-state index in [9.17, 15) is 4.79 Å². The predicted molar refractivity (Wildman–Crippen MR) is 73.2 cm³/mol. The Hall–Kier alpha value is -1.53. The molecule has 1 aliphatic rings. The molecule has 0 bridgehead atoms. The molecule has 0 saturated heterocycles. The summed E-state index contributed by atoms with van der Waals surface area (Å²) < 4.78 is 5.46. The van der Waals surface area contributed by atoms with E-state index in [1.165, 1.54) is 6.42 Å². The second-order valence-corrected chi connectivity index (χ2v) is 5.25. The number of ether oxygens (including phenoxy) is 1. The fourth-order valence-electron chi connectivity index (χ4n) is 2.37. The fraction of sp³-hybridized carbons (Fsp3) is 0.467. The molecule has 0 unspecified atom stereocenters. The molecule has 0 aromatic heterocycles. The SMILES string of the molecule is N#Cc1ccc(OCC(=O)C2CCCCC2)cc1Cl. The molecule has 1 fully saturated rings. The zero-order chi connectivity index (χ0) is 13.7. The van der Waals surface area contributed by atoms with Gasteiger partial charge in [-0.3, -0.25) is 4.79 Å². The monoisotopic (exact) mass is 277 g/mol. The quantitative estimate of drug-likeness (QED) is 0.842. The lowest BCUT2D eigenvalue weighted by atomic mass is 9.86. The van der Waals surface area contributed by atoms with Gasteiger partial charge in [-0.15, -0.1) is 0 Å². The molecule has 1 aliphatic carbocycles. The summed E-state index contributed by atoms with van der Waals surface area (Å²) in [6.07, 6.45) is 5.47. The summed E-state index contributed by atoms with van der Waals surface area (Å²) in [5.74, 6) is 0.857. The molecule has 4 heteroatoms. The van der Waals surface area contributed by atoms with E-state index in [2.05, 4.69) is 0 Å². The van der Waals surface area contributed by atoms with Crippen molar-refractivity contribution in [1.29, 1.82) is 5.26 Å². The van der Waals surface area contributed by atoms with Crippen molar-refractivity contribution >= 4 is 17.4 Å². The van der Waals surface area contributed by atoms with E-state index in [4.69, 9.17) is 21.6 Å². The van der Waals surface area contributed by atoms with Gasteiger partial charge in [0, 0.05) is 12.0 Å². The van der Waals surface area contributed by atoms with Crippen LogP contribution in [0.4, 0.5) is 0 Å². The van der Waals surface area contributed by atoms with Crippen LogP contribution in [-0.2, 0) is 4.79 Å². The normalized spacial score (nSPS) is 15.8. The molecule has 1 aromatic carbocycles. The second-order valence-electron chi connectivity index (χ2n) is 4.84. The van der Waals surface area contributed by atoms with Crippen molar-refractivity contribution in [3.8, 4) is 11.8 Å². The Morgan fingerprint density at radius 2 is 2.11 bits per heavy atom. The van der Waals surface area contributed by atoms with Gasteiger partial charge >= 0.3 is 0 Å². The number of hydrogen-bond donors (Lipinski definition) is 0. The molecule has 2 rings (SSSR count). The molecule has 0 atom stereocenters. The Kier molecular flexibility index (Phi) is 4.81. The Labute approximate surface area is 118 Å². The zero-order valence-corrected chi connectivity index (χ0v) is 11.4. The summed E-state index contributed by atoms with van der Waals surface area (Å²) >= 11 is 5.91. The third-order valence-corrected chi connectivity index (χ3v) is 3.82. The molecule has 1 saturated carbocycles. The zero-order valence-electron chi connectivity index (χ0n) is 10.7. The van der Waals surface area contributed by atoms with Gasteiger partial charge in [0.2, 0.25) is 0 Å². The van der Waals surface area contributed by atoms with Gasteiger partial charge in [-0.2, -0.15) is 5.26 Å². The van der Waals surface area contributed by atoms with Crippen LogP contribution in [0, 0.1) is 17.2 Å². The Bertz CT molecular complexity index is 501. The standard InChI is InChI=1S/C15H16ClNO2/c16-14-8-13(7-6-12(14)9-17)19-10-15(18)11-4-2-1-3-5-11/h6-8,11H,1-5,10H2. The van der Waals surface area contributed by atoms with Crippen molar-refractivity contribution in [3.05, 3.63) is 28.8 Å². The van der Waals surface area contributed by atoms with Crippen LogP contribution in [0.25, 0.3) is 0 Å². The highest BCUT2D eigenvalue weighted by atomic mass is 35.5. The number of rotatable bonds is 4. The molecular weight excluding hydrogens is 262 g/mol. The molecule has 1 aromatic rings. The molecule has 3 nitrogen and oxygen atoms in total. The van der Waals surface area contributed by atoms with Crippen LogP contribution in [0.2, 0.25) is 5.02 Å². The first-order chi connectivity index (χ1) is 9.20. The number of benzene rings is 1. The van der Waals surface area contributed by atoms with Gasteiger partial charge in [0.15, 0.2) is 5.78 Å². The molecule has 0 spiro atoms. The highest BCUT2D eigenvalue weighted by molar-refractivity contribution is 6.31. The maximum Gasteiger partial charge on any atom is 0.173 e. The predicted octanol–water partition coefficient (Wildman–Crippen LogP) is 3.74. The maximum absolute atomic E-state index is 12.0. The van der Waals surface area contributed by atoms with E-state index in [0.717, 1.165) is 25.7 Å². The fourth-order valence-corrected chi connectivity index (χ4v) is 2.59. The number of Topliss-reactive ketones (excluding diaryl/α,β-unsaturated/α-hetero) is 1. The number of nitriles is 1. The molecule has 0 radical (unpaired) electrons. The van der Waals surface area contributed by atoms with Crippen molar-refractivity contribution in [3.63, 3.8) is 0 Å². The number of carbonyl (C=O) groups excluding carboxylic acids is 1. The maximum atomic E-state index is 12.0. The van der Waals surface area contributed by atoms with Gasteiger partial charge in [-0.25, -0.2) is 0 Å². The molecule has 0 N–H and O–H groups in total. The Morgan fingerprint density at radius 1 is 1.37 bits per heavy atom. The van der Waals surface area contributed by atoms with Gasteiger partial charge in [-0.05, 0) is 25.0 Å². The summed E-state index contributed by atoms with van der Waals surface area (Å²) in [5.41, 5.74) is 0.410. The van der Waals surface area contributed by atoms with Crippen molar-refractivity contribution in [2.75, 3.05) is 6.61 Å². The summed E-state index contributed by atoms with van der Waals surface area (Å²) in [6.45, 7) is 0.0902. The first-order valence-electron chi connectivity index (χ1n) is 6.56. The lowest BCUT2D eigenvalue weighted by molar-refractivity contribution is -0.125. The minimum Gasteiger partial charge on any atom is -0.486 e. The average molecular weight is 278 g/mol. The van der Waals surface area contributed by atoms with Gasteiger partial charge in [-0.1, -0.05) is 30.9 Å². The van der Waals surface area contributed by atoms with Crippen LogP contribution in [0.3, 0.4) is 0 Å². The number of halogens is 1. The van der Waals surface area contributed by atoms with Gasteiger partial charge in [0.1, 0.15) is 18.4 Å². The van der Waals surface area contributed by atoms with E-state index < -0.39 is 0 Å². The van der Waals surface area contributed by atoms with E-state index in [-0.39, 0.29) is 18.3 Å². The number of hydrogen-bond acceptors (Lipinski definition) is 3. The van der Waals surface area contributed by atoms with Crippen molar-refractivity contribution in [1.82, 2.24) is 0 Å². The molecule has 0 heterocycles. The van der Waals surface area contributed by atoms with Gasteiger partial charge < -0.3 is 4.74 Å². The number of carbonyl (C=O) groups is 1. The number of ketones is 1.